The Morgan fingerprint density at radius 1 is 1.42 bits per heavy atom. The van der Waals surface area contributed by atoms with Crippen molar-refractivity contribution in [1.82, 2.24) is 10.2 Å². The summed E-state index contributed by atoms with van der Waals surface area (Å²) in [6, 6.07) is 2.36. The zero-order valence-electron chi connectivity index (χ0n) is 10.8. The molecule has 1 aromatic heterocycles. The molecule has 5 heteroatoms. The highest BCUT2D eigenvalue weighted by molar-refractivity contribution is 7.07. The van der Waals surface area contributed by atoms with Crippen LogP contribution >= 0.6 is 11.3 Å². The van der Waals surface area contributed by atoms with Gasteiger partial charge in [-0.1, -0.05) is 0 Å². The van der Waals surface area contributed by atoms with Gasteiger partial charge in [0.15, 0.2) is 0 Å². The molecular formula is C14H18N2O2S. The molecule has 1 N–H and O–H groups in total. The summed E-state index contributed by atoms with van der Waals surface area (Å²) in [6.07, 6.45) is 3.30. The van der Waals surface area contributed by atoms with E-state index in [9.17, 15) is 9.59 Å². The molecule has 19 heavy (non-hydrogen) atoms. The zero-order chi connectivity index (χ0) is 13.2. The fourth-order valence-corrected chi connectivity index (χ4v) is 3.73. The smallest absolute Gasteiger partial charge is 0.227 e. The first-order chi connectivity index (χ1) is 9.25. The lowest BCUT2D eigenvalue weighted by Gasteiger charge is -2.30. The van der Waals surface area contributed by atoms with Gasteiger partial charge in [0.2, 0.25) is 11.8 Å². The van der Waals surface area contributed by atoms with E-state index in [1.54, 1.807) is 11.3 Å². The lowest BCUT2D eigenvalue weighted by Crippen LogP contribution is -2.44. The highest BCUT2D eigenvalue weighted by Crippen LogP contribution is 2.34. The second-order valence-corrected chi connectivity index (χ2v) is 6.07. The van der Waals surface area contributed by atoms with Crippen molar-refractivity contribution in [2.24, 2.45) is 5.92 Å². The van der Waals surface area contributed by atoms with Crippen LogP contribution in [0.15, 0.2) is 16.8 Å². The standard InChI is InChI=1S/C14H18N2O2S/c17-13-4-3-10(8-15-13)14(18)16-6-1-2-12(16)11-5-7-19-9-11/h5,7,9-10,12H,1-4,6,8H2,(H,15,17)/t10-,12+/m1/s1. The second-order valence-electron chi connectivity index (χ2n) is 5.29. The van der Waals surface area contributed by atoms with Gasteiger partial charge in [0.1, 0.15) is 0 Å². The number of carbonyl (C=O) groups excluding carboxylic acids is 2. The van der Waals surface area contributed by atoms with E-state index in [4.69, 9.17) is 0 Å². The fourth-order valence-electron chi connectivity index (χ4n) is 3.02. The first-order valence-corrected chi connectivity index (χ1v) is 7.79. The van der Waals surface area contributed by atoms with Crippen LogP contribution in [-0.4, -0.2) is 29.8 Å². The number of nitrogens with zero attached hydrogens (tertiary/aromatic N) is 1. The minimum absolute atomic E-state index is 0.0306. The summed E-state index contributed by atoms with van der Waals surface area (Å²) in [6.45, 7) is 1.36. The molecule has 0 unspecified atom stereocenters. The Hall–Kier alpha value is -1.36. The van der Waals surface area contributed by atoms with Gasteiger partial charge < -0.3 is 10.2 Å². The molecule has 2 atom stereocenters. The first kappa shape index (κ1) is 12.7. The third-order valence-electron chi connectivity index (χ3n) is 4.08. The number of hydrogen-bond acceptors (Lipinski definition) is 3. The van der Waals surface area contributed by atoms with Crippen LogP contribution in [0.5, 0.6) is 0 Å². The van der Waals surface area contributed by atoms with Gasteiger partial charge in [-0.25, -0.2) is 0 Å². The van der Waals surface area contributed by atoms with Crippen LogP contribution in [-0.2, 0) is 9.59 Å². The van der Waals surface area contributed by atoms with Gasteiger partial charge in [-0.05, 0) is 41.7 Å². The van der Waals surface area contributed by atoms with Crippen molar-refractivity contribution in [3.8, 4) is 0 Å². The van der Waals surface area contributed by atoms with E-state index in [2.05, 4.69) is 22.1 Å². The molecule has 102 valence electrons. The molecule has 0 radical (unpaired) electrons. The summed E-state index contributed by atoms with van der Waals surface area (Å²) in [5, 5.41) is 7.01. The molecule has 0 saturated carbocycles. The molecule has 2 aliphatic heterocycles. The van der Waals surface area contributed by atoms with Crippen LogP contribution in [0.2, 0.25) is 0 Å². The maximum atomic E-state index is 12.6. The van der Waals surface area contributed by atoms with E-state index in [0.29, 0.717) is 19.4 Å². The molecule has 0 bridgehead atoms. The summed E-state index contributed by atoms with van der Waals surface area (Å²) in [7, 11) is 0. The number of piperidine rings is 1. The quantitative estimate of drug-likeness (QED) is 0.898. The molecular weight excluding hydrogens is 260 g/mol. The number of carbonyl (C=O) groups is 2. The maximum absolute atomic E-state index is 12.6. The Labute approximate surface area is 116 Å². The molecule has 0 spiro atoms. The fraction of sp³-hybridized carbons (Fsp3) is 0.571. The summed E-state index contributed by atoms with van der Waals surface area (Å²) >= 11 is 1.68. The molecule has 2 fully saturated rings. The Balaban J connectivity index is 1.70. The normalized spacial score (nSPS) is 27.4. The van der Waals surface area contributed by atoms with Gasteiger partial charge in [-0.3, -0.25) is 9.59 Å². The van der Waals surface area contributed by atoms with Crippen molar-refractivity contribution in [1.29, 1.82) is 0 Å². The van der Waals surface area contributed by atoms with Gasteiger partial charge >= 0.3 is 0 Å². The van der Waals surface area contributed by atoms with Gasteiger partial charge in [0.05, 0.1) is 12.0 Å². The van der Waals surface area contributed by atoms with Gasteiger partial charge in [0, 0.05) is 19.5 Å². The predicted molar refractivity (Wildman–Crippen MR) is 73.7 cm³/mol. The van der Waals surface area contributed by atoms with E-state index in [1.807, 2.05) is 4.90 Å². The number of thiophene rings is 1. The minimum Gasteiger partial charge on any atom is -0.355 e. The Bertz CT molecular complexity index is 462. The molecule has 2 aliphatic rings. The maximum Gasteiger partial charge on any atom is 0.227 e. The predicted octanol–water partition coefficient (Wildman–Crippen LogP) is 1.94. The SMILES string of the molecule is O=C1CC[C@@H](C(=O)N2CCC[C@H]2c2ccsc2)CN1. The Kier molecular flexibility index (Phi) is 3.55. The third-order valence-corrected chi connectivity index (χ3v) is 4.78. The van der Waals surface area contributed by atoms with Gasteiger partial charge in [-0.15, -0.1) is 0 Å². The van der Waals surface area contributed by atoms with Crippen LogP contribution in [0.4, 0.5) is 0 Å². The second kappa shape index (κ2) is 5.33. The highest BCUT2D eigenvalue weighted by atomic mass is 32.1. The van der Waals surface area contributed by atoms with E-state index in [0.717, 1.165) is 19.4 Å². The minimum atomic E-state index is -0.0306. The van der Waals surface area contributed by atoms with Crippen molar-refractivity contribution < 1.29 is 9.59 Å². The van der Waals surface area contributed by atoms with Crippen LogP contribution in [0.1, 0.15) is 37.3 Å². The van der Waals surface area contributed by atoms with Crippen LogP contribution in [0.25, 0.3) is 0 Å². The molecule has 3 heterocycles. The number of likely N-dealkylation sites (tertiary alicyclic amines) is 1. The molecule has 0 aliphatic carbocycles. The average molecular weight is 278 g/mol. The molecule has 3 rings (SSSR count). The summed E-state index contributed by atoms with van der Waals surface area (Å²) < 4.78 is 0. The molecule has 2 amide bonds. The van der Waals surface area contributed by atoms with Crippen molar-refractivity contribution in [2.45, 2.75) is 31.7 Å². The summed E-state index contributed by atoms with van der Waals surface area (Å²) in [5.74, 6) is 0.255. The van der Waals surface area contributed by atoms with E-state index < -0.39 is 0 Å². The highest BCUT2D eigenvalue weighted by Gasteiger charge is 2.35. The molecule has 1 aromatic rings. The molecule has 2 saturated heterocycles. The monoisotopic (exact) mass is 278 g/mol. The summed E-state index contributed by atoms with van der Waals surface area (Å²) in [5.41, 5.74) is 1.26. The Morgan fingerprint density at radius 3 is 3.00 bits per heavy atom. The average Bonchev–Trinajstić information content (AvgIpc) is 3.09. The number of amides is 2. The lowest BCUT2D eigenvalue weighted by molar-refractivity contribution is -0.138. The van der Waals surface area contributed by atoms with Crippen molar-refractivity contribution in [2.75, 3.05) is 13.1 Å². The molecule has 0 aromatic carbocycles. The van der Waals surface area contributed by atoms with Crippen LogP contribution in [0.3, 0.4) is 0 Å². The van der Waals surface area contributed by atoms with Crippen molar-refractivity contribution >= 4 is 23.2 Å². The van der Waals surface area contributed by atoms with Gasteiger partial charge in [0.25, 0.3) is 0 Å². The number of hydrogen-bond donors (Lipinski definition) is 1. The lowest BCUT2D eigenvalue weighted by atomic mass is 9.97. The van der Waals surface area contributed by atoms with E-state index >= 15 is 0 Å². The first-order valence-electron chi connectivity index (χ1n) is 6.85. The zero-order valence-corrected chi connectivity index (χ0v) is 11.6. The Morgan fingerprint density at radius 2 is 2.32 bits per heavy atom. The number of rotatable bonds is 2. The van der Waals surface area contributed by atoms with Crippen molar-refractivity contribution in [3.63, 3.8) is 0 Å². The van der Waals surface area contributed by atoms with E-state index in [-0.39, 0.29) is 23.8 Å². The third kappa shape index (κ3) is 2.52. The van der Waals surface area contributed by atoms with Gasteiger partial charge in [-0.2, -0.15) is 11.3 Å². The number of nitrogens with one attached hydrogen (secondary N) is 1. The van der Waals surface area contributed by atoms with Crippen LogP contribution in [0, 0.1) is 5.92 Å². The van der Waals surface area contributed by atoms with E-state index in [1.165, 1.54) is 5.56 Å². The van der Waals surface area contributed by atoms with Crippen molar-refractivity contribution in [3.05, 3.63) is 22.4 Å². The molecule has 4 nitrogen and oxygen atoms in total. The summed E-state index contributed by atoms with van der Waals surface area (Å²) in [4.78, 5) is 25.8. The largest absolute Gasteiger partial charge is 0.355 e. The van der Waals surface area contributed by atoms with Crippen LogP contribution < -0.4 is 5.32 Å². The topological polar surface area (TPSA) is 49.4 Å².